The van der Waals surface area contributed by atoms with Crippen LogP contribution >= 0.6 is 0 Å². The van der Waals surface area contributed by atoms with Crippen molar-refractivity contribution in [3.8, 4) is 22.4 Å². The fraction of sp³-hybridized carbons (Fsp3) is 0.118. The molecule has 0 atom stereocenters. The predicted molar refractivity (Wildman–Crippen MR) is 82.1 cm³/mol. The highest BCUT2D eigenvalue weighted by molar-refractivity contribution is 5.69. The fourth-order valence-corrected chi connectivity index (χ4v) is 2.35. The van der Waals surface area contributed by atoms with E-state index in [9.17, 15) is 0 Å². The van der Waals surface area contributed by atoms with E-state index >= 15 is 0 Å². The summed E-state index contributed by atoms with van der Waals surface area (Å²) in [7, 11) is 0. The summed E-state index contributed by atoms with van der Waals surface area (Å²) in [6.07, 6.45) is 0. The zero-order valence-electron chi connectivity index (χ0n) is 11.4. The van der Waals surface area contributed by atoms with Crippen molar-refractivity contribution in [1.29, 1.82) is 0 Å². The molecule has 0 fully saturated rings. The summed E-state index contributed by atoms with van der Waals surface area (Å²) in [5.41, 5.74) is 11.2. The highest BCUT2D eigenvalue weighted by Gasteiger charge is 2.08. The molecule has 1 aromatic heterocycles. The van der Waals surface area contributed by atoms with Crippen molar-refractivity contribution in [2.75, 3.05) is 0 Å². The van der Waals surface area contributed by atoms with Crippen molar-refractivity contribution in [2.24, 2.45) is 5.73 Å². The molecule has 0 unspecified atom stereocenters. The van der Waals surface area contributed by atoms with Gasteiger partial charge in [0.2, 0.25) is 0 Å². The van der Waals surface area contributed by atoms with Gasteiger partial charge >= 0.3 is 0 Å². The Morgan fingerprint density at radius 3 is 2.10 bits per heavy atom. The van der Waals surface area contributed by atoms with Crippen molar-refractivity contribution in [3.05, 3.63) is 66.1 Å². The zero-order valence-corrected chi connectivity index (χ0v) is 11.4. The average molecular weight is 263 g/mol. The Bertz CT molecular complexity index is 697. The molecule has 0 saturated carbocycles. The lowest BCUT2D eigenvalue weighted by Gasteiger charge is -2.03. The highest BCUT2D eigenvalue weighted by atomic mass is 15.0. The Hall–Kier alpha value is -2.39. The normalized spacial score (nSPS) is 10.7. The van der Waals surface area contributed by atoms with Gasteiger partial charge in [0.05, 0.1) is 12.2 Å². The SMILES string of the molecule is Cc1[nH]c(CN)nc1-c1ccc(-c2ccccc2)cc1. The second-order valence-corrected chi connectivity index (χ2v) is 4.80. The van der Waals surface area contributed by atoms with Crippen LogP contribution in [0, 0.1) is 6.92 Å². The number of hydrogen-bond donors (Lipinski definition) is 2. The first-order valence-electron chi connectivity index (χ1n) is 6.69. The third-order valence-electron chi connectivity index (χ3n) is 3.39. The van der Waals surface area contributed by atoms with Crippen LogP contribution in [0.3, 0.4) is 0 Å². The number of rotatable bonds is 3. The number of nitrogens with one attached hydrogen (secondary N) is 1. The van der Waals surface area contributed by atoms with Crippen LogP contribution in [0.4, 0.5) is 0 Å². The van der Waals surface area contributed by atoms with Crippen molar-refractivity contribution in [1.82, 2.24) is 9.97 Å². The molecule has 3 aromatic rings. The molecule has 3 N–H and O–H groups in total. The summed E-state index contributed by atoms with van der Waals surface area (Å²) in [6, 6.07) is 18.8. The topological polar surface area (TPSA) is 54.7 Å². The van der Waals surface area contributed by atoms with E-state index in [0.29, 0.717) is 6.54 Å². The Morgan fingerprint density at radius 2 is 1.50 bits per heavy atom. The zero-order chi connectivity index (χ0) is 13.9. The summed E-state index contributed by atoms with van der Waals surface area (Å²) >= 11 is 0. The monoisotopic (exact) mass is 263 g/mol. The number of aromatic nitrogens is 2. The van der Waals surface area contributed by atoms with Crippen molar-refractivity contribution in [3.63, 3.8) is 0 Å². The van der Waals surface area contributed by atoms with Gasteiger partial charge < -0.3 is 10.7 Å². The molecule has 0 aliphatic carbocycles. The smallest absolute Gasteiger partial charge is 0.120 e. The van der Waals surface area contributed by atoms with Crippen LogP contribution in [0.25, 0.3) is 22.4 Å². The van der Waals surface area contributed by atoms with Gasteiger partial charge in [0.15, 0.2) is 0 Å². The number of hydrogen-bond acceptors (Lipinski definition) is 2. The first-order chi connectivity index (χ1) is 9.78. The minimum absolute atomic E-state index is 0.433. The Kier molecular flexibility index (Phi) is 3.35. The van der Waals surface area contributed by atoms with Crippen LogP contribution in [-0.4, -0.2) is 9.97 Å². The number of imidazole rings is 1. The van der Waals surface area contributed by atoms with Gasteiger partial charge in [-0.15, -0.1) is 0 Å². The van der Waals surface area contributed by atoms with E-state index in [1.807, 2.05) is 13.0 Å². The first-order valence-corrected chi connectivity index (χ1v) is 6.69. The molecule has 0 saturated heterocycles. The van der Waals surface area contributed by atoms with Gasteiger partial charge in [-0.2, -0.15) is 0 Å². The molecule has 3 rings (SSSR count). The van der Waals surface area contributed by atoms with Gasteiger partial charge in [-0.3, -0.25) is 0 Å². The summed E-state index contributed by atoms with van der Waals surface area (Å²) < 4.78 is 0. The van der Waals surface area contributed by atoms with Crippen molar-refractivity contribution >= 4 is 0 Å². The molecule has 0 bridgehead atoms. The molecule has 0 amide bonds. The van der Waals surface area contributed by atoms with Gasteiger partial charge in [0, 0.05) is 11.3 Å². The maximum Gasteiger partial charge on any atom is 0.120 e. The molecule has 1 heterocycles. The van der Waals surface area contributed by atoms with Gasteiger partial charge in [0.1, 0.15) is 5.82 Å². The number of H-pyrrole nitrogens is 1. The Balaban J connectivity index is 1.95. The van der Waals surface area contributed by atoms with E-state index in [0.717, 1.165) is 22.8 Å². The number of nitrogens with zero attached hydrogens (tertiary/aromatic N) is 1. The van der Waals surface area contributed by atoms with E-state index in [1.165, 1.54) is 11.1 Å². The number of aromatic amines is 1. The molecule has 3 nitrogen and oxygen atoms in total. The number of nitrogens with two attached hydrogens (primary N) is 1. The number of benzene rings is 2. The molecule has 0 spiro atoms. The molecular weight excluding hydrogens is 246 g/mol. The third kappa shape index (κ3) is 2.36. The van der Waals surface area contributed by atoms with Crippen LogP contribution in [0.2, 0.25) is 0 Å². The molecule has 2 aromatic carbocycles. The lowest BCUT2D eigenvalue weighted by atomic mass is 10.0. The van der Waals surface area contributed by atoms with E-state index in [2.05, 4.69) is 58.5 Å². The molecule has 20 heavy (non-hydrogen) atoms. The van der Waals surface area contributed by atoms with Crippen LogP contribution in [0.5, 0.6) is 0 Å². The van der Waals surface area contributed by atoms with E-state index in [4.69, 9.17) is 5.73 Å². The molecular formula is C17H17N3. The molecule has 0 aliphatic heterocycles. The largest absolute Gasteiger partial charge is 0.344 e. The number of aryl methyl sites for hydroxylation is 1. The van der Waals surface area contributed by atoms with Crippen LogP contribution < -0.4 is 5.73 Å². The van der Waals surface area contributed by atoms with Gasteiger partial charge in [0.25, 0.3) is 0 Å². The Morgan fingerprint density at radius 1 is 0.900 bits per heavy atom. The summed E-state index contributed by atoms with van der Waals surface area (Å²) in [6.45, 7) is 2.45. The minimum atomic E-state index is 0.433. The second-order valence-electron chi connectivity index (χ2n) is 4.80. The van der Waals surface area contributed by atoms with E-state index in [-0.39, 0.29) is 0 Å². The average Bonchev–Trinajstić information content (AvgIpc) is 2.89. The molecule has 0 aliphatic rings. The quantitative estimate of drug-likeness (QED) is 0.759. The summed E-state index contributed by atoms with van der Waals surface area (Å²) in [5, 5.41) is 0. The summed E-state index contributed by atoms with van der Waals surface area (Å²) in [4.78, 5) is 7.72. The van der Waals surface area contributed by atoms with Crippen LogP contribution in [0.1, 0.15) is 11.5 Å². The summed E-state index contributed by atoms with van der Waals surface area (Å²) in [5.74, 6) is 0.824. The second kappa shape index (κ2) is 5.31. The standard InChI is InChI=1S/C17H17N3/c1-12-17(20-16(11-18)19-12)15-9-7-14(8-10-15)13-5-3-2-4-6-13/h2-10H,11,18H2,1H3,(H,19,20). The lowest BCUT2D eigenvalue weighted by Crippen LogP contribution is -1.97. The maximum absolute atomic E-state index is 5.62. The highest BCUT2D eigenvalue weighted by Crippen LogP contribution is 2.25. The lowest BCUT2D eigenvalue weighted by molar-refractivity contribution is 0.944. The maximum atomic E-state index is 5.62. The van der Waals surface area contributed by atoms with Crippen LogP contribution in [0.15, 0.2) is 54.6 Å². The van der Waals surface area contributed by atoms with E-state index in [1.54, 1.807) is 0 Å². The molecule has 3 heteroatoms. The Labute approximate surface area is 118 Å². The first kappa shape index (κ1) is 12.6. The van der Waals surface area contributed by atoms with Gasteiger partial charge in [-0.1, -0.05) is 54.6 Å². The van der Waals surface area contributed by atoms with Crippen molar-refractivity contribution in [2.45, 2.75) is 13.5 Å². The third-order valence-corrected chi connectivity index (χ3v) is 3.39. The van der Waals surface area contributed by atoms with Crippen LogP contribution in [-0.2, 0) is 6.54 Å². The fourth-order valence-electron chi connectivity index (χ4n) is 2.35. The predicted octanol–water partition coefficient (Wildman–Crippen LogP) is 3.51. The van der Waals surface area contributed by atoms with E-state index < -0.39 is 0 Å². The minimum Gasteiger partial charge on any atom is -0.344 e. The van der Waals surface area contributed by atoms with Gasteiger partial charge in [-0.25, -0.2) is 4.98 Å². The molecule has 0 radical (unpaired) electrons. The van der Waals surface area contributed by atoms with Gasteiger partial charge in [-0.05, 0) is 18.1 Å². The van der Waals surface area contributed by atoms with Crippen molar-refractivity contribution < 1.29 is 0 Å². The molecule has 100 valence electrons.